The number of anilines is 1. The topological polar surface area (TPSA) is 80.8 Å². The number of carbonyl (C=O) groups excluding carboxylic acids is 2. The summed E-state index contributed by atoms with van der Waals surface area (Å²) in [4.78, 5) is 24.8. The van der Waals surface area contributed by atoms with E-state index in [1.54, 1.807) is 24.3 Å². The van der Waals surface area contributed by atoms with Crippen molar-refractivity contribution in [2.75, 3.05) is 17.5 Å². The summed E-state index contributed by atoms with van der Waals surface area (Å²) < 4.78 is 32.9. The second kappa shape index (κ2) is 8.96. The number of fused-ring (bicyclic) bond motifs is 1. The number of hydrogen-bond donors (Lipinski definition) is 0. The van der Waals surface area contributed by atoms with Gasteiger partial charge in [-0.2, -0.15) is 0 Å². The van der Waals surface area contributed by atoms with Gasteiger partial charge in [-0.05, 0) is 48.2 Å². The summed E-state index contributed by atoms with van der Waals surface area (Å²) in [7, 11) is -3.83. The molecule has 0 spiro atoms. The van der Waals surface area contributed by atoms with E-state index >= 15 is 0 Å². The molecule has 4 rings (SSSR count). The Morgan fingerprint density at radius 3 is 2.44 bits per heavy atom. The number of ketones is 1. The highest BCUT2D eigenvalue weighted by Crippen LogP contribution is 2.32. The molecule has 32 heavy (non-hydrogen) atoms. The van der Waals surface area contributed by atoms with Gasteiger partial charge in [0.2, 0.25) is 0 Å². The van der Waals surface area contributed by atoms with Gasteiger partial charge in [-0.1, -0.05) is 55.5 Å². The number of para-hydroxylation sites is 1. The fraction of sp³-hybridized carbons (Fsp3) is 0.200. The third-order valence-electron chi connectivity index (χ3n) is 5.52. The summed E-state index contributed by atoms with van der Waals surface area (Å²) in [5.41, 5.74) is 3.26. The number of sulfonamides is 1. The molecule has 0 N–H and O–H groups in total. The van der Waals surface area contributed by atoms with Gasteiger partial charge in [0.25, 0.3) is 10.0 Å². The number of ether oxygens (including phenoxy) is 1. The van der Waals surface area contributed by atoms with Crippen LogP contribution in [0, 0.1) is 0 Å². The van der Waals surface area contributed by atoms with Crippen molar-refractivity contribution in [1.82, 2.24) is 0 Å². The molecule has 0 aliphatic carbocycles. The van der Waals surface area contributed by atoms with Gasteiger partial charge < -0.3 is 4.74 Å². The van der Waals surface area contributed by atoms with E-state index < -0.39 is 22.6 Å². The number of rotatable bonds is 7. The molecule has 7 heteroatoms. The normalized spacial score (nSPS) is 13.0. The van der Waals surface area contributed by atoms with Crippen LogP contribution in [0.3, 0.4) is 0 Å². The van der Waals surface area contributed by atoms with Gasteiger partial charge in [-0.3, -0.25) is 9.10 Å². The van der Waals surface area contributed by atoms with E-state index in [0.717, 1.165) is 17.5 Å². The maximum Gasteiger partial charge on any atom is 0.338 e. The van der Waals surface area contributed by atoms with Crippen molar-refractivity contribution < 1.29 is 22.7 Å². The predicted molar refractivity (Wildman–Crippen MR) is 122 cm³/mol. The van der Waals surface area contributed by atoms with Crippen LogP contribution < -0.4 is 4.31 Å². The van der Waals surface area contributed by atoms with Crippen molar-refractivity contribution in [1.29, 1.82) is 0 Å². The van der Waals surface area contributed by atoms with Crippen molar-refractivity contribution in [2.45, 2.75) is 24.7 Å². The van der Waals surface area contributed by atoms with Crippen LogP contribution in [0.15, 0.2) is 77.7 Å². The van der Waals surface area contributed by atoms with Gasteiger partial charge in [-0.15, -0.1) is 0 Å². The summed E-state index contributed by atoms with van der Waals surface area (Å²) in [6.07, 6.45) is 1.50. The molecule has 0 unspecified atom stereocenters. The maximum atomic E-state index is 13.2. The molecule has 0 bridgehead atoms. The quantitative estimate of drug-likeness (QED) is 0.402. The van der Waals surface area contributed by atoms with Gasteiger partial charge in [0.1, 0.15) is 0 Å². The predicted octanol–water partition coefficient (Wildman–Crippen LogP) is 4.04. The van der Waals surface area contributed by atoms with E-state index in [-0.39, 0.29) is 16.2 Å². The van der Waals surface area contributed by atoms with Crippen molar-refractivity contribution in [3.05, 3.63) is 95.1 Å². The van der Waals surface area contributed by atoms with Crippen LogP contribution in [0.5, 0.6) is 0 Å². The molecular weight excluding hydrogens is 426 g/mol. The highest BCUT2D eigenvalue weighted by atomic mass is 32.2. The minimum atomic E-state index is -3.83. The fourth-order valence-electron chi connectivity index (χ4n) is 3.69. The number of aryl methyl sites for hydroxylation is 1. The third kappa shape index (κ3) is 4.29. The van der Waals surface area contributed by atoms with Gasteiger partial charge in [0, 0.05) is 12.1 Å². The average Bonchev–Trinajstić information content (AvgIpc) is 3.27. The lowest BCUT2D eigenvalue weighted by atomic mass is 10.1. The summed E-state index contributed by atoms with van der Waals surface area (Å²) in [6.45, 7) is 1.96. The van der Waals surface area contributed by atoms with E-state index in [0.29, 0.717) is 24.2 Å². The minimum Gasteiger partial charge on any atom is -0.454 e. The Hall–Kier alpha value is -3.45. The molecule has 1 aliphatic rings. The van der Waals surface area contributed by atoms with Crippen LogP contribution in [0.1, 0.15) is 38.8 Å². The summed E-state index contributed by atoms with van der Waals surface area (Å²) in [5.74, 6) is -1.07. The van der Waals surface area contributed by atoms with Crippen LogP contribution >= 0.6 is 0 Å². The van der Waals surface area contributed by atoms with Crippen molar-refractivity contribution in [2.24, 2.45) is 0 Å². The number of Topliss-reactive ketones (excluding diaryl/α,β-unsaturated/α-hetero) is 1. The lowest BCUT2D eigenvalue weighted by Crippen LogP contribution is -2.29. The second-order valence-corrected chi connectivity index (χ2v) is 9.40. The fourth-order valence-corrected chi connectivity index (χ4v) is 5.24. The maximum absolute atomic E-state index is 13.2. The van der Waals surface area contributed by atoms with E-state index in [4.69, 9.17) is 4.74 Å². The molecule has 0 amide bonds. The molecule has 0 fully saturated rings. The zero-order chi connectivity index (χ0) is 22.7. The largest absolute Gasteiger partial charge is 0.454 e. The number of hydrogen-bond acceptors (Lipinski definition) is 5. The standard InChI is InChI=1S/C25H23NO5S/c1-2-18-10-12-20(13-11-18)24(27)17-31-25(28)21-7-5-8-22(16-21)32(29,30)26-15-14-19-6-3-4-9-23(19)26/h3-13,16H,2,14-15,17H2,1H3. The first-order valence-corrected chi connectivity index (χ1v) is 11.8. The van der Waals surface area contributed by atoms with E-state index in [2.05, 4.69) is 0 Å². The average molecular weight is 450 g/mol. The van der Waals surface area contributed by atoms with Crippen LogP contribution in [0.25, 0.3) is 0 Å². The highest BCUT2D eigenvalue weighted by Gasteiger charge is 2.31. The first kappa shape index (κ1) is 21.8. The Labute approximate surface area is 187 Å². The first-order valence-electron chi connectivity index (χ1n) is 10.4. The van der Waals surface area contributed by atoms with Gasteiger partial charge >= 0.3 is 5.97 Å². The van der Waals surface area contributed by atoms with Crippen molar-refractivity contribution in [3.8, 4) is 0 Å². The molecule has 3 aromatic carbocycles. The van der Waals surface area contributed by atoms with E-state index in [1.807, 2.05) is 31.2 Å². The Balaban J connectivity index is 1.47. The molecule has 0 aromatic heterocycles. The molecular formula is C25H23NO5S. The molecule has 164 valence electrons. The number of carbonyl (C=O) groups is 2. The van der Waals surface area contributed by atoms with Crippen LogP contribution in [-0.2, 0) is 27.6 Å². The lowest BCUT2D eigenvalue weighted by molar-refractivity contribution is 0.0474. The summed E-state index contributed by atoms with van der Waals surface area (Å²) in [5, 5.41) is 0. The van der Waals surface area contributed by atoms with Gasteiger partial charge in [-0.25, -0.2) is 13.2 Å². The van der Waals surface area contributed by atoms with E-state index in [9.17, 15) is 18.0 Å². The Morgan fingerprint density at radius 2 is 1.69 bits per heavy atom. The number of esters is 1. The molecule has 0 saturated carbocycles. The van der Waals surface area contributed by atoms with Gasteiger partial charge in [0.15, 0.2) is 12.4 Å². The molecule has 0 saturated heterocycles. The molecule has 0 atom stereocenters. The van der Waals surface area contributed by atoms with E-state index in [1.165, 1.54) is 28.6 Å². The lowest BCUT2D eigenvalue weighted by Gasteiger charge is -2.19. The van der Waals surface area contributed by atoms with Crippen LogP contribution in [0.2, 0.25) is 0 Å². The third-order valence-corrected chi connectivity index (χ3v) is 7.33. The van der Waals surface area contributed by atoms with Crippen molar-refractivity contribution >= 4 is 27.5 Å². The highest BCUT2D eigenvalue weighted by molar-refractivity contribution is 7.92. The van der Waals surface area contributed by atoms with Gasteiger partial charge in [0.05, 0.1) is 16.1 Å². The zero-order valence-corrected chi connectivity index (χ0v) is 18.5. The Kier molecular flexibility index (Phi) is 6.10. The van der Waals surface area contributed by atoms with Crippen LogP contribution in [-0.4, -0.2) is 33.3 Å². The smallest absolute Gasteiger partial charge is 0.338 e. The second-order valence-electron chi connectivity index (χ2n) is 7.53. The first-order chi connectivity index (χ1) is 15.4. The minimum absolute atomic E-state index is 0.00475. The number of nitrogens with zero attached hydrogens (tertiary/aromatic N) is 1. The molecule has 1 aliphatic heterocycles. The monoisotopic (exact) mass is 449 g/mol. The Bertz CT molecular complexity index is 1270. The summed E-state index contributed by atoms with van der Waals surface area (Å²) >= 11 is 0. The number of benzene rings is 3. The van der Waals surface area contributed by atoms with Crippen LogP contribution in [0.4, 0.5) is 5.69 Å². The molecule has 0 radical (unpaired) electrons. The molecule has 6 nitrogen and oxygen atoms in total. The zero-order valence-electron chi connectivity index (χ0n) is 17.7. The SMILES string of the molecule is CCc1ccc(C(=O)COC(=O)c2cccc(S(=O)(=O)N3CCc4ccccc43)c2)cc1. The summed E-state index contributed by atoms with van der Waals surface area (Å²) in [6, 6.07) is 20.2. The Morgan fingerprint density at radius 1 is 0.938 bits per heavy atom. The molecule has 3 aromatic rings. The molecule has 1 heterocycles. The van der Waals surface area contributed by atoms with Crippen molar-refractivity contribution in [3.63, 3.8) is 0 Å².